The molecule has 1 aliphatic heterocycles. The highest BCUT2D eigenvalue weighted by atomic mass is 32.1. The van der Waals surface area contributed by atoms with E-state index in [2.05, 4.69) is 20.3 Å². The molecule has 1 N–H and O–H groups in total. The van der Waals surface area contributed by atoms with Gasteiger partial charge in [-0.05, 0) is 55.0 Å². The first-order chi connectivity index (χ1) is 15.6. The Morgan fingerprint density at radius 1 is 1.19 bits per heavy atom. The van der Waals surface area contributed by atoms with Crippen molar-refractivity contribution in [2.75, 3.05) is 31.2 Å². The highest BCUT2D eigenvalue weighted by molar-refractivity contribution is 7.20. The van der Waals surface area contributed by atoms with Crippen molar-refractivity contribution in [2.45, 2.75) is 13.5 Å². The lowest BCUT2D eigenvalue weighted by molar-refractivity contribution is 0.0955. The van der Waals surface area contributed by atoms with Gasteiger partial charge in [-0.2, -0.15) is 5.10 Å². The minimum Gasteiger partial charge on any atom is -0.378 e. The van der Waals surface area contributed by atoms with Crippen molar-refractivity contribution in [3.8, 4) is 5.69 Å². The third kappa shape index (κ3) is 4.09. The minimum atomic E-state index is -0.298. The second-order valence-corrected chi connectivity index (χ2v) is 8.64. The van der Waals surface area contributed by atoms with Crippen molar-refractivity contribution in [2.24, 2.45) is 0 Å². The predicted molar refractivity (Wildman–Crippen MR) is 122 cm³/mol. The van der Waals surface area contributed by atoms with Crippen LogP contribution < -0.4 is 10.2 Å². The van der Waals surface area contributed by atoms with Crippen molar-refractivity contribution < 1.29 is 13.9 Å². The Hall–Kier alpha value is -3.30. The van der Waals surface area contributed by atoms with Crippen LogP contribution in [-0.4, -0.2) is 47.0 Å². The van der Waals surface area contributed by atoms with Crippen molar-refractivity contribution in [3.05, 3.63) is 70.6 Å². The number of rotatable bonds is 5. The average molecular weight is 452 g/mol. The summed E-state index contributed by atoms with van der Waals surface area (Å²) in [6, 6.07) is 11.9. The molecule has 1 amide bonds. The minimum absolute atomic E-state index is 0.138. The Morgan fingerprint density at radius 2 is 1.97 bits per heavy atom. The Balaban J connectivity index is 1.32. The highest BCUT2D eigenvalue weighted by Crippen LogP contribution is 2.30. The molecule has 0 bridgehead atoms. The van der Waals surface area contributed by atoms with E-state index in [1.165, 1.54) is 23.5 Å². The first-order valence-corrected chi connectivity index (χ1v) is 11.2. The third-order valence-electron chi connectivity index (χ3n) is 5.44. The normalized spacial score (nSPS) is 14.1. The van der Waals surface area contributed by atoms with Crippen LogP contribution in [0.2, 0.25) is 0 Å². The fourth-order valence-corrected chi connectivity index (χ4v) is 4.82. The second kappa shape index (κ2) is 8.68. The molecule has 32 heavy (non-hydrogen) atoms. The van der Waals surface area contributed by atoms with E-state index in [0.717, 1.165) is 46.1 Å². The van der Waals surface area contributed by atoms with E-state index < -0.39 is 0 Å². The number of thiophene rings is 1. The number of anilines is 1. The van der Waals surface area contributed by atoms with Gasteiger partial charge in [0.15, 0.2) is 0 Å². The summed E-state index contributed by atoms with van der Waals surface area (Å²) in [7, 11) is 0. The summed E-state index contributed by atoms with van der Waals surface area (Å²) in [6.45, 7) is 5.34. The van der Waals surface area contributed by atoms with Gasteiger partial charge in [-0.1, -0.05) is 0 Å². The third-order valence-corrected chi connectivity index (χ3v) is 6.55. The van der Waals surface area contributed by atoms with Gasteiger partial charge >= 0.3 is 0 Å². The number of hydrogen-bond acceptors (Lipinski definition) is 6. The SMILES string of the molecule is Cc1nn(-c2ccc(F)cc2)c2sc(C(=O)NCc3ccnc(N4CCOCC4)c3)cc12. The Bertz CT molecular complexity index is 1260. The molecular weight excluding hydrogens is 429 g/mol. The molecule has 9 heteroatoms. The molecule has 7 nitrogen and oxygen atoms in total. The van der Waals surface area contributed by atoms with Gasteiger partial charge < -0.3 is 15.0 Å². The van der Waals surface area contributed by atoms with Crippen LogP contribution >= 0.6 is 11.3 Å². The molecule has 1 saturated heterocycles. The van der Waals surface area contributed by atoms with Crippen LogP contribution in [0.3, 0.4) is 0 Å². The lowest BCUT2D eigenvalue weighted by atomic mass is 10.2. The summed E-state index contributed by atoms with van der Waals surface area (Å²) >= 11 is 1.37. The van der Waals surface area contributed by atoms with Crippen LogP contribution in [0, 0.1) is 12.7 Å². The first-order valence-electron chi connectivity index (χ1n) is 10.4. The van der Waals surface area contributed by atoms with E-state index in [0.29, 0.717) is 24.6 Å². The zero-order valence-electron chi connectivity index (χ0n) is 17.5. The number of hydrogen-bond donors (Lipinski definition) is 1. The molecule has 1 aliphatic rings. The van der Waals surface area contributed by atoms with Crippen molar-refractivity contribution in [1.29, 1.82) is 0 Å². The number of carbonyl (C=O) groups is 1. The maximum atomic E-state index is 13.3. The number of aromatic nitrogens is 3. The molecule has 0 unspecified atom stereocenters. The van der Waals surface area contributed by atoms with Crippen molar-refractivity contribution in [1.82, 2.24) is 20.1 Å². The van der Waals surface area contributed by atoms with E-state index in [1.807, 2.05) is 25.1 Å². The quantitative estimate of drug-likeness (QED) is 0.501. The fourth-order valence-electron chi connectivity index (χ4n) is 3.72. The van der Waals surface area contributed by atoms with Crippen molar-refractivity contribution >= 4 is 33.3 Å². The van der Waals surface area contributed by atoms with Crippen LogP contribution in [0.5, 0.6) is 0 Å². The lowest BCUT2D eigenvalue weighted by Gasteiger charge is -2.28. The number of amides is 1. The summed E-state index contributed by atoms with van der Waals surface area (Å²) in [6.07, 6.45) is 1.77. The molecule has 0 spiro atoms. The zero-order valence-corrected chi connectivity index (χ0v) is 18.4. The summed E-state index contributed by atoms with van der Waals surface area (Å²) in [4.78, 5) is 21.0. The standard InChI is InChI=1S/C23H22FN5O2S/c1-15-19-13-20(32-23(19)29(27-15)18-4-2-17(24)3-5-18)22(30)26-14-16-6-7-25-21(12-16)28-8-10-31-11-9-28/h2-7,12-13H,8-11,14H2,1H3,(H,26,30). The van der Waals surface area contributed by atoms with Gasteiger partial charge in [0.25, 0.3) is 5.91 Å². The fraction of sp³-hybridized carbons (Fsp3) is 0.261. The van der Waals surface area contributed by atoms with Crippen molar-refractivity contribution in [3.63, 3.8) is 0 Å². The monoisotopic (exact) mass is 451 g/mol. The van der Waals surface area contributed by atoms with Gasteiger partial charge in [-0.25, -0.2) is 14.1 Å². The molecular formula is C23H22FN5O2S. The van der Waals surface area contributed by atoms with Crippen LogP contribution in [-0.2, 0) is 11.3 Å². The molecule has 0 saturated carbocycles. The number of morpholine rings is 1. The number of aryl methyl sites for hydroxylation is 1. The molecule has 0 aliphatic carbocycles. The van der Waals surface area contributed by atoms with E-state index in [4.69, 9.17) is 4.74 Å². The smallest absolute Gasteiger partial charge is 0.261 e. The van der Waals surface area contributed by atoms with E-state index in [1.54, 1.807) is 23.0 Å². The predicted octanol–water partition coefficient (Wildman–Crippen LogP) is 3.70. The number of nitrogens with one attached hydrogen (secondary N) is 1. The molecule has 1 aromatic carbocycles. The first kappa shape index (κ1) is 20.6. The number of pyridine rings is 1. The lowest BCUT2D eigenvalue weighted by Crippen LogP contribution is -2.36. The molecule has 5 rings (SSSR count). The van der Waals surface area contributed by atoms with E-state index in [9.17, 15) is 9.18 Å². The summed E-state index contributed by atoms with van der Waals surface area (Å²) in [5.41, 5.74) is 2.57. The average Bonchev–Trinajstić information content (AvgIpc) is 3.40. The Kier molecular flexibility index (Phi) is 5.59. The summed E-state index contributed by atoms with van der Waals surface area (Å²) in [5, 5.41) is 8.47. The molecule has 3 aromatic heterocycles. The Labute approximate surface area is 188 Å². The number of halogens is 1. The summed E-state index contributed by atoms with van der Waals surface area (Å²) in [5.74, 6) is 0.464. The van der Waals surface area contributed by atoms with Crippen LogP contribution in [0.25, 0.3) is 15.9 Å². The molecule has 0 atom stereocenters. The van der Waals surface area contributed by atoms with Gasteiger partial charge in [-0.15, -0.1) is 11.3 Å². The number of benzene rings is 1. The topological polar surface area (TPSA) is 72.3 Å². The molecule has 1 fully saturated rings. The molecule has 164 valence electrons. The number of nitrogens with zero attached hydrogens (tertiary/aromatic N) is 4. The second-order valence-electron chi connectivity index (χ2n) is 7.61. The van der Waals surface area contributed by atoms with E-state index in [-0.39, 0.29) is 11.7 Å². The number of fused-ring (bicyclic) bond motifs is 1. The molecule has 4 heterocycles. The van der Waals surface area contributed by atoms with E-state index >= 15 is 0 Å². The van der Waals surface area contributed by atoms with Crippen LogP contribution in [0.1, 0.15) is 20.9 Å². The van der Waals surface area contributed by atoms with Crippen LogP contribution in [0.15, 0.2) is 48.7 Å². The maximum absolute atomic E-state index is 13.3. The largest absolute Gasteiger partial charge is 0.378 e. The zero-order chi connectivity index (χ0) is 22.1. The van der Waals surface area contributed by atoms with Gasteiger partial charge in [0.05, 0.1) is 29.5 Å². The van der Waals surface area contributed by atoms with Gasteiger partial charge in [0.1, 0.15) is 16.5 Å². The van der Waals surface area contributed by atoms with Gasteiger partial charge in [0, 0.05) is 31.2 Å². The highest BCUT2D eigenvalue weighted by Gasteiger charge is 2.18. The summed E-state index contributed by atoms with van der Waals surface area (Å²) < 4.78 is 20.4. The van der Waals surface area contributed by atoms with Gasteiger partial charge in [0.2, 0.25) is 0 Å². The van der Waals surface area contributed by atoms with Crippen LogP contribution in [0.4, 0.5) is 10.2 Å². The number of ether oxygens (including phenoxy) is 1. The molecule has 4 aromatic rings. The molecule has 0 radical (unpaired) electrons. The number of carbonyl (C=O) groups excluding carboxylic acids is 1. The maximum Gasteiger partial charge on any atom is 0.261 e. The van der Waals surface area contributed by atoms with Gasteiger partial charge in [-0.3, -0.25) is 4.79 Å². The Morgan fingerprint density at radius 3 is 2.75 bits per heavy atom.